The number of benzene rings is 2. The highest BCUT2D eigenvalue weighted by molar-refractivity contribution is 5.93. The fourth-order valence-electron chi connectivity index (χ4n) is 3.34. The molecular formula is C21H18F2N4O2. The van der Waals surface area contributed by atoms with Gasteiger partial charge in [0.1, 0.15) is 0 Å². The third-order valence-electron chi connectivity index (χ3n) is 5.13. The number of aromatic nitrogens is 2. The molecule has 0 aliphatic rings. The molecule has 0 bridgehead atoms. The molecule has 2 aromatic heterocycles. The smallest absolute Gasteiger partial charge is 0.322 e. The summed E-state index contributed by atoms with van der Waals surface area (Å²) >= 11 is 0. The number of nitrogens with zero attached hydrogens (tertiary/aromatic N) is 1. The first-order valence-corrected chi connectivity index (χ1v) is 8.96. The summed E-state index contributed by atoms with van der Waals surface area (Å²) in [5, 5.41) is 4.13. The van der Waals surface area contributed by atoms with E-state index in [0.717, 1.165) is 23.0 Å². The van der Waals surface area contributed by atoms with Gasteiger partial charge in [-0.2, -0.15) is 0 Å². The Morgan fingerprint density at radius 2 is 1.79 bits per heavy atom. The molecule has 6 nitrogen and oxygen atoms in total. The van der Waals surface area contributed by atoms with Crippen molar-refractivity contribution in [3.63, 3.8) is 0 Å². The Hall–Kier alpha value is -3.68. The van der Waals surface area contributed by atoms with Crippen LogP contribution >= 0.6 is 0 Å². The molecule has 0 fully saturated rings. The van der Waals surface area contributed by atoms with E-state index < -0.39 is 23.2 Å². The first-order chi connectivity index (χ1) is 13.8. The lowest BCUT2D eigenvalue weighted by atomic mass is 10.0. The number of H-pyrrole nitrogens is 2. The molecular weight excluding hydrogens is 378 g/mol. The number of amides is 2. The second kappa shape index (κ2) is 7.05. The number of fused-ring (bicyclic) bond motifs is 2. The normalized spacial score (nSPS) is 12.3. The number of nitrogens with one attached hydrogen (secondary N) is 3. The Labute approximate surface area is 164 Å². The summed E-state index contributed by atoms with van der Waals surface area (Å²) < 4.78 is 27.4. The van der Waals surface area contributed by atoms with Crippen molar-refractivity contribution in [1.82, 2.24) is 14.9 Å². The predicted octanol–water partition coefficient (Wildman–Crippen LogP) is 4.51. The van der Waals surface area contributed by atoms with E-state index in [4.69, 9.17) is 0 Å². The van der Waals surface area contributed by atoms with Crippen LogP contribution in [0.5, 0.6) is 0 Å². The number of pyridine rings is 1. The van der Waals surface area contributed by atoms with Crippen LogP contribution in [0.3, 0.4) is 0 Å². The number of aromatic amines is 2. The average molecular weight is 396 g/mol. The maximum absolute atomic E-state index is 13.8. The van der Waals surface area contributed by atoms with Gasteiger partial charge >= 0.3 is 6.03 Å². The zero-order chi connectivity index (χ0) is 20.7. The predicted molar refractivity (Wildman–Crippen MR) is 108 cm³/mol. The van der Waals surface area contributed by atoms with E-state index in [1.807, 2.05) is 24.4 Å². The van der Waals surface area contributed by atoms with E-state index in [-0.39, 0.29) is 16.8 Å². The summed E-state index contributed by atoms with van der Waals surface area (Å²) in [5.74, 6) is -2.15. The summed E-state index contributed by atoms with van der Waals surface area (Å²) in [7, 11) is 1.59. The van der Waals surface area contributed by atoms with Gasteiger partial charge in [-0.3, -0.25) is 4.79 Å². The van der Waals surface area contributed by atoms with E-state index in [9.17, 15) is 18.4 Å². The van der Waals surface area contributed by atoms with Crippen molar-refractivity contribution in [1.29, 1.82) is 0 Å². The molecule has 0 saturated carbocycles. The molecule has 29 heavy (non-hydrogen) atoms. The summed E-state index contributed by atoms with van der Waals surface area (Å²) in [5.41, 5.74) is 1.48. The minimum Gasteiger partial charge on any atom is -0.361 e. The molecule has 0 aliphatic carbocycles. The molecule has 0 spiro atoms. The van der Waals surface area contributed by atoms with Gasteiger partial charge in [-0.15, -0.1) is 0 Å². The minimum absolute atomic E-state index is 0.0271. The Morgan fingerprint density at radius 1 is 1.07 bits per heavy atom. The van der Waals surface area contributed by atoms with Crippen LogP contribution in [0.4, 0.5) is 19.3 Å². The Balaban J connectivity index is 1.64. The molecule has 148 valence electrons. The number of rotatable bonds is 3. The van der Waals surface area contributed by atoms with E-state index >= 15 is 0 Å². The van der Waals surface area contributed by atoms with Gasteiger partial charge in [-0.05, 0) is 53.6 Å². The first-order valence-electron chi connectivity index (χ1n) is 8.96. The Kier molecular flexibility index (Phi) is 4.54. The van der Waals surface area contributed by atoms with E-state index in [1.165, 1.54) is 11.1 Å². The Morgan fingerprint density at radius 3 is 2.55 bits per heavy atom. The lowest BCUT2D eigenvalue weighted by molar-refractivity contribution is 0.208. The number of anilines is 1. The fraction of sp³-hybridized carbons (Fsp3) is 0.143. The van der Waals surface area contributed by atoms with Crippen molar-refractivity contribution in [2.45, 2.75) is 13.0 Å². The molecule has 4 rings (SSSR count). The van der Waals surface area contributed by atoms with Crippen LogP contribution in [0.15, 0.2) is 53.6 Å². The number of urea groups is 1. The van der Waals surface area contributed by atoms with Gasteiger partial charge in [0.15, 0.2) is 11.6 Å². The highest BCUT2D eigenvalue weighted by Gasteiger charge is 2.21. The number of carbonyl (C=O) groups excluding carboxylic acids is 1. The zero-order valence-corrected chi connectivity index (χ0v) is 15.7. The van der Waals surface area contributed by atoms with Crippen molar-refractivity contribution in [3.05, 3.63) is 76.3 Å². The van der Waals surface area contributed by atoms with Crippen molar-refractivity contribution in [3.8, 4) is 0 Å². The quantitative estimate of drug-likeness (QED) is 0.476. The van der Waals surface area contributed by atoms with Crippen LogP contribution < -0.4 is 10.9 Å². The van der Waals surface area contributed by atoms with Crippen molar-refractivity contribution in [2.75, 3.05) is 12.4 Å². The molecule has 2 aromatic carbocycles. The molecule has 8 heteroatoms. The number of hydrogen-bond donors (Lipinski definition) is 3. The van der Waals surface area contributed by atoms with Crippen LogP contribution in [0.2, 0.25) is 0 Å². The van der Waals surface area contributed by atoms with Gasteiger partial charge < -0.3 is 20.2 Å². The maximum atomic E-state index is 13.8. The fourth-order valence-corrected chi connectivity index (χ4v) is 3.34. The minimum atomic E-state index is -1.10. The van der Waals surface area contributed by atoms with E-state index in [1.54, 1.807) is 20.0 Å². The highest BCUT2D eigenvalue weighted by atomic mass is 19.2. The monoisotopic (exact) mass is 396 g/mol. The van der Waals surface area contributed by atoms with E-state index in [0.29, 0.717) is 11.3 Å². The summed E-state index contributed by atoms with van der Waals surface area (Å²) in [4.78, 5) is 31.8. The van der Waals surface area contributed by atoms with Crippen LogP contribution in [0.1, 0.15) is 18.5 Å². The first kappa shape index (κ1) is 18.7. The lowest BCUT2D eigenvalue weighted by Crippen LogP contribution is -2.34. The lowest BCUT2D eigenvalue weighted by Gasteiger charge is -2.26. The highest BCUT2D eigenvalue weighted by Crippen LogP contribution is 2.27. The molecule has 1 atom stereocenters. The van der Waals surface area contributed by atoms with E-state index in [2.05, 4.69) is 15.3 Å². The van der Waals surface area contributed by atoms with Crippen molar-refractivity contribution >= 4 is 33.4 Å². The molecule has 0 aliphatic heterocycles. The van der Waals surface area contributed by atoms with Crippen LogP contribution in [-0.4, -0.2) is 27.9 Å². The van der Waals surface area contributed by atoms with Gasteiger partial charge in [0, 0.05) is 30.6 Å². The van der Waals surface area contributed by atoms with Gasteiger partial charge in [-0.25, -0.2) is 13.6 Å². The summed E-state index contributed by atoms with van der Waals surface area (Å²) in [6.07, 6.45) is 3.23. The topological polar surface area (TPSA) is 81.0 Å². The SMILES string of the molecule is C[C@H](c1c[nH]c(=O)c2cc(F)c(F)cc12)N(C)C(=O)Nc1ccc2cc[nH]c2c1. The van der Waals surface area contributed by atoms with Gasteiger partial charge in [0.2, 0.25) is 0 Å². The molecule has 3 N–H and O–H groups in total. The third kappa shape index (κ3) is 3.33. The molecule has 2 amide bonds. The number of hydrogen-bond acceptors (Lipinski definition) is 2. The molecule has 0 unspecified atom stereocenters. The molecule has 2 heterocycles. The standard InChI is InChI=1S/C21H18F2N4O2/c1-11(16-10-25-20(28)15-9-18(23)17(22)8-14(15)16)27(2)21(29)26-13-4-3-12-5-6-24-19(12)7-13/h3-11,24H,1-2H3,(H,25,28)(H,26,29)/t11-/m1/s1. The largest absolute Gasteiger partial charge is 0.361 e. The second-order valence-corrected chi connectivity index (χ2v) is 6.88. The third-order valence-corrected chi connectivity index (χ3v) is 5.13. The van der Waals surface area contributed by atoms with Crippen molar-refractivity contribution < 1.29 is 13.6 Å². The number of halogens is 2. The number of carbonyl (C=O) groups is 1. The summed E-state index contributed by atoms with van der Waals surface area (Å²) in [6, 6.07) is 8.37. The van der Waals surface area contributed by atoms with Crippen LogP contribution in [-0.2, 0) is 0 Å². The van der Waals surface area contributed by atoms with Crippen LogP contribution in [0, 0.1) is 11.6 Å². The molecule has 0 saturated heterocycles. The zero-order valence-electron chi connectivity index (χ0n) is 15.7. The van der Waals surface area contributed by atoms with Crippen molar-refractivity contribution in [2.24, 2.45) is 0 Å². The van der Waals surface area contributed by atoms with Crippen LogP contribution in [0.25, 0.3) is 21.7 Å². The molecule has 4 aromatic rings. The maximum Gasteiger partial charge on any atom is 0.322 e. The van der Waals surface area contributed by atoms with Gasteiger partial charge in [0.05, 0.1) is 11.4 Å². The molecule has 0 radical (unpaired) electrons. The Bertz CT molecular complexity index is 1300. The second-order valence-electron chi connectivity index (χ2n) is 6.88. The van der Waals surface area contributed by atoms with Gasteiger partial charge in [0.25, 0.3) is 5.56 Å². The summed E-state index contributed by atoms with van der Waals surface area (Å²) in [6.45, 7) is 1.74. The average Bonchev–Trinajstić information content (AvgIpc) is 3.16. The van der Waals surface area contributed by atoms with Gasteiger partial charge in [-0.1, -0.05) is 6.07 Å².